The Morgan fingerprint density at radius 3 is 2.44 bits per heavy atom. The molecule has 2 atom stereocenters. The normalized spacial score (nSPS) is 32.5. The molecule has 16 heavy (non-hydrogen) atoms. The molecular weight excluding hydrogens is 204 g/mol. The van der Waals surface area contributed by atoms with E-state index in [9.17, 15) is 4.79 Å². The number of esters is 1. The van der Waals surface area contributed by atoms with Gasteiger partial charge in [0.1, 0.15) is 5.60 Å². The average Bonchev–Trinajstić information content (AvgIpc) is 2.91. The fourth-order valence-corrected chi connectivity index (χ4v) is 2.51. The third kappa shape index (κ3) is 2.24. The molecule has 0 spiro atoms. The van der Waals surface area contributed by atoms with Crippen LogP contribution in [0.25, 0.3) is 0 Å². The molecule has 1 heterocycles. The summed E-state index contributed by atoms with van der Waals surface area (Å²) in [7, 11) is 1.43. The van der Waals surface area contributed by atoms with Gasteiger partial charge in [-0.1, -0.05) is 39.5 Å². The second kappa shape index (κ2) is 5.17. The first-order valence-electron chi connectivity index (χ1n) is 6.35. The Labute approximate surface area is 98.5 Å². The van der Waals surface area contributed by atoms with Crippen LogP contribution in [0.4, 0.5) is 0 Å². The molecular formula is C13H24O3. The number of unbranched alkanes of at least 4 members (excludes halogenated alkanes) is 3. The summed E-state index contributed by atoms with van der Waals surface area (Å²) in [6.45, 7) is 6.20. The first-order chi connectivity index (χ1) is 7.56. The van der Waals surface area contributed by atoms with E-state index >= 15 is 0 Å². The zero-order chi connectivity index (χ0) is 12.2. The molecule has 2 unspecified atom stereocenters. The molecule has 94 valence electrons. The van der Waals surface area contributed by atoms with E-state index < -0.39 is 5.60 Å². The average molecular weight is 228 g/mol. The van der Waals surface area contributed by atoms with Gasteiger partial charge in [-0.3, -0.25) is 0 Å². The van der Waals surface area contributed by atoms with Gasteiger partial charge >= 0.3 is 5.97 Å². The molecule has 1 rings (SSSR count). The summed E-state index contributed by atoms with van der Waals surface area (Å²) in [4.78, 5) is 11.7. The van der Waals surface area contributed by atoms with Crippen LogP contribution in [0.1, 0.15) is 59.3 Å². The maximum Gasteiger partial charge on any atom is 0.341 e. The van der Waals surface area contributed by atoms with Crippen LogP contribution in [0.3, 0.4) is 0 Å². The maximum atomic E-state index is 11.7. The number of rotatable bonds is 7. The van der Waals surface area contributed by atoms with Crippen LogP contribution in [-0.4, -0.2) is 24.3 Å². The van der Waals surface area contributed by atoms with E-state index in [0.29, 0.717) is 6.42 Å². The number of hydrogen-bond acceptors (Lipinski definition) is 3. The Hall–Kier alpha value is -0.570. The molecule has 1 aliphatic heterocycles. The predicted octanol–water partition coefficient (Wildman–Crippen LogP) is 3.07. The van der Waals surface area contributed by atoms with Crippen LogP contribution in [0.15, 0.2) is 0 Å². The van der Waals surface area contributed by atoms with E-state index in [1.807, 2.05) is 13.8 Å². The minimum Gasteiger partial charge on any atom is -0.467 e. The van der Waals surface area contributed by atoms with Crippen LogP contribution in [0.2, 0.25) is 0 Å². The molecule has 0 amide bonds. The van der Waals surface area contributed by atoms with E-state index in [1.54, 1.807) is 0 Å². The zero-order valence-corrected chi connectivity index (χ0v) is 11.0. The molecule has 0 aliphatic carbocycles. The summed E-state index contributed by atoms with van der Waals surface area (Å²) in [5.74, 6) is -0.215. The van der Waals surface area contributed by atoms with Crippen molar-refractivity contribution in [1.82, 2.24) is 0 Å². The van der Waals surface area contributed by atoms with Gasteiger partial charge in [0.2, 0.25) is 0 Å². The van der Waals surface area contributed by atoms with Crippen LogP contribution < -0.4 is 0 Å². The lowest BCUT2D eigenvalue weighted by Crippen LogP contribution is -2.33. The number of ether oxygens (including phenoxy) is 2. The molecule has 0 N–H and O–H groups in total. The van der Waals surface area contributed by atoms with Crippen molar-refractivity contribution in [1.29, 1.82) is 0 Å². The molecule has 3 nitrogen and oxygen atoms in total. The highest BCUT2D eigenvalue weighted by Crippen LogP contribution is 2.54. The van der Waals surface area contributed by atoms with Gasteiger partial charge in [-0.25, -0.2) is 4.79 Å². The zero-order valence-electron chi connectivity index (χ0n) is 11.0. The van der Waals surface area contributed by atoms with E-state index in [4.69, 9.17) is 9.47 Å². The molecule has 0 aromatic rings. The Bertz CT molecular complexity index is 252. The van der Waals surface area contributed by atoms with Gasteiger partial charge in [0.05, 0.1) is 7.11 Å². The fraction of sp³-hybridized carbons (Fsp3) is 0.923. The Balaban J connectivity index is 2.45. The molecule has 0 aromatic heterocycles. The highest BCUT2D eigenvalue weighted by molar-refractivity contribution is 5.84. The third-order valence-electron chi connectivity index (χ3n) is 3.73. The molecule has 0 bridgehead atoms. The first kappa shape index (κ1) is 13.5. The lowest BCUT2D eigenvalue weighted by Gasteiger charge is -2.13. The van der Waals surface area contributed by atoms with Crippen LogP contribution in [-0.2, 0) is 14.3 Å². The molecule has 1 aliphatic rings. The Morgan fingerprint density at radius 2 is 1.94 bits per heavy atom. The monoisotopic (exact) mass is 228 g/mol. The number of methoxy groups -OCH3 is 1. The molecule has 0 saturated carbocycles. The molecule has 0 radical (unpaired) electrons. The highest BCUT2D eigenvalue weighted by atomic mass is 16.7. The lowest BCUT2D eigenvalue weighted by molar-refractivity contribution is -0.147. The second-order valence-corrected chi connectivity index (χ2v) is 4.82. The first-order valence-corrected chi connectivity index (χ1v) is 6.35. The van der Waals surface area contributed by atoms with Crippen LogP contribution in [0, 0.1) is 0 Å². The number of epoxide rings is 1. The lowest BCUT2D eigenvalue weighted by atomic mass is 9.87. The standard InChI is InChI=1S/C13H24O3/c1-5-7-8-9-10-12(3)13(6-2,16-12)11(14)15-4/h5-10H2,1-4H3. The summed E-state index contributed by atoms with van der Waals surface area (Å²) < 4.78 is 10.5. The number of carbonyl (C=O) groups is 1. The Morgan fingerprint density at radius 1 is 1.25 bits per heavy atom. The van der Waals surface area contributed by atoms with Crippen molar-refractivity contribution in [3.8, 4) is 0 Å². The third-order valence-corrected chi connectivity index (χ3v) is 3.73. The maximum absolute atomic E-state index is 11.7. The predicted molar refractivity (Wildman–Crippen MR) is 63.3 cm³/mol. The minimum absolute atomic E-state index is 0.215. The van der Waals surface area contributed by atoms with Gasteiger partial charge in [-0.2, -0.15) is 0 Å². The van der Waals surface area contributed by atoms with Gasteiger partial charge < -0.3 is 9.47 Å². The van der Waals surface area contributed by atoms with E-state index in [-0.39, 0.29) is 11.6 Å². The van der Waals surface area contributed by atoms with Gasteiger partial charge in [0.25, 0.3) is 0 Å². The van der Waals surface area contributed by atoms with Crippen LogP contribution >= 0.6 is 0 Å². The van der Waals surface area contributed by atoms with E-state index in [0.717, 1.165) is 12.8 Å². The molecule has 3 heteroatoms. The fourth-order valence-electron chi connectivity index (χ4n) is 2.51. The summed E-state index contributed by atoms with van der Waals surface area (Å²) in [5, 5.41) is 0. The summed E-state index contributed by atoms with van der Waals surface area (Å²) >= 11 is 0. The van der Waals surface area contributed by atoms with Crippen molar-refractivity contribution in [3.05, 3.63) is 0 Å². The van der Waals surface area contributed by atoms with Gasteiger partial charge in [-0.05, 0) is 19.8 Å². The van der Waals surface area contributed by atoms with E-state index in [2.05, 4.69) is 6.92 Å². The van der Waals surface area contributed by atoms with Crippen molar-refractivity contribution in [2.24, 2.45) is 0 Å². The quantitative estimate of drug-likeness (QED) is 0.382. The largest absolute Gasteiger partial charge is 0.467 e. The minimum atomic E-state index is -0.659. The summed E-state index contributed by atoms with van der Waals surface area (Å²) in [6, 6.07) is 0. The van der Waals surface area contributed by atoms with Crippen molar-refractivity contribution < 1.29 is 14.3 Å². The van der Waals surface area contributed by atoms with Crippen molar-refractivity contribution >= 4 is 5.97 Å². The van der Waals surface area contributed by atoms with Crippen LogP contribution in [0.5, 0.6) is 0 Å². The number of hydrogen-bond donors (Lipinski definition) is 0. The highest BCUT2D eigenvalue weighted by Gasteiger charge is 2.70. The summed E-state index contributed by atoms with van der Waals surface area (Å²) in [6.07, 6.45) is 6.49. The van der Waals surface area contributed by atoms with E-state index in [1.165, 1.54) is 26.4 Å². The topological polar surface area (TPSA) is 38.8 Å². The number of carbonyl (C=O) groups excluding carboxylic acids is 1. The summed E-state index contributed by atoms with van der Waals surface area (Å²) in [5.41, 5.74) is -0.948. The van der Waals surface area contributed by atoms with Gasteiger partial charge in [-0.15, -0.1) is 0 Å². The van der Waals surface area contributed by atoms with Crippen molar-refractivity contribution in [3.63, 3.8) is 0 Å². The van der Waals surface area contributed by atoms with Gasteiger partial charge in [0, 0.05) is 0 Å². The van der Waals surface area contributed by atoms with Crippen molar-refractivity contribution in [2.75, 3.05) is 7.11 Å². The smallest absolute Gasteiger partial charge is 0.341 e. The second-order valence-electron chi connectivity index (χ2n) is 4.82. The SMILES string of the molecule is CCCCCCC1(C)OC1(CC)C(=O)OC. The molecule has 1 fully saturated rings. The Kier molecular flexibility index (Phi) is 4.36. The van der Waals surface area contributed by atoms with Gasteiger partial charge in [0.15, 0.2) is 5.60 Å². The van der Waals surface area contributed by atoms with Crippen molar-refractivity contribution in [2.45, 2.75) is 70.5 Å². The molecule has 1 saturated heterocycles. The molecule has 0 aromatic carbocycles.